The molecule has 0 heterocycles. The number of rotatable bonds is 5. The largest absolute Gasteiger partial charge is 0.464 e. The van der Waals surface area contributed by atoms with E-state index in [1.807, 2.05) is 0 Å². The molecular weight excluding hydrogens is 236 g/mol. The number of hydrogen-bond donors (Lipinski definition) is 1. The molecule has 0 aliphatic heterocycles. The minimum absolute atomic E-state index is 0.207. The van der Waals surface area contributed by atoms with Gasteiger partial charge in [0.2, 0.25) is 0 Å². The zero-order chi connectivity index (χ0) is 14.3. The SMILES string of the molecule is CCOC(=O)[C@H](O)[C@H](C)/C=C/C(=O)OC(C)(C)C. The topological polar surface area (TPSA) is 72.8 Å². The van der Waals surface area contributed by atoms with Gasteiger partial charge in [-0.25, -0.2) is 9.59 Å². The van der Waals surface area contributed by atoms with E-state index in [9.17, 15) is 14.7 Å². The van der Waals surface area contributed by atoms with E-state index in [0.717, 1.165) is 0 Å². The zero-order valence-corrected chi connectivity index (χ0v) is 11.6. The van der Waals surface area contributed by atoms with E-state index < -0.39 is 29.6 Å². The van der Waals surface area contributed by atoms with Crippen LogP contribution in [-0.2, 0) is 19.1 Å². The molecule has 18 heavy (non-hydrogen) atoms. The average Bonchev–Trinajstić information content (AvgIpc) is 2.22. The van der Waals surface area contributed by atoms with Crippen molar-refractivity contribution >= 4 is 11.9 Å². The fourth-order valence-corrected chi connectivity index (χ4v) is 1.11. The van der Waals surface area contributed by atoms with Crippen molar-refractivity contribution in [2.24, 2.45) is 5.92 Å². The van der Waals surface area contributed by atoms with Gasteiger partial charge in [0.15, 0.2) is 6.10 Å². The van der Waals surface area contributed by atoms with Crippen LogP contribution in [-0.4, -0.2) is 35.4 Å². The van der Waals surface area contributed by atoms with Gasteiger partial charge in [-0.2, -0.15) is 0 Å². The molecule has 104 valence electrons. The van der Waals surface area contributed by atoms with E-state index >= 15 is 0 Å². The molecule has 0 aromatic heterocycles. The molecule has 0 aromatic rings. The Kier molecular flexibility index (Phi) is 6.62. The summed E-state index contributed by atoms with van der Waals surface area (Å²) in [5, 5.41) is 9.58. The van der Waals surface area contributed by atoms with Crippen molar-refractivity contribution in [1.29, 1.82) is 0 Å². The van der Waals surface area contributed by atoms with E-state index in [1.54, 1.807) is 34.6 Å². The summed E-state index contributed by atoms with van der Waals surface area (Å²) in [5.41, 5.74) is -0.565. The number of carbonyl (C=O) groups is 2. The normalized spacial score (nSPS) is 15.2. The van der Waals surface area contributed by atoms with Crippen LogP contribution < -0.4 is 0 Å². The van der Waals surface area contributed by atoms with Crippen molar-refractivity contribution in [3.8, 4) is 0 Å². The third-order valence-corrected chi connectivity index (χ3v) is 1.97. The second kappa shape index (κ2) is 7.16. The van der Waals surface area contributed by atoms with Crippen molar-refractivity contribution in [1.82, 2.24) is 0 Å². The summed E-state index contributed by atoms with van der Waals surface area (Å²) in [7, 11) is 0. The first kappa shape index (κ1) is 16.6. The summed E-state index contributed by atoms with van der Waals surface area (Å²) >= 11 is 0. The lowest BCUT2D eigenvalue weighted by atomic mass is 10.0. The van der Waals surface area contributed by atoms with Crippen LogP contribution in [0.3, 0.4) is 0 Å². The summed E-state index contributed by atoms with van der Waals surface area (Å²) in [5.74, 6) is -1.72. The van der Waals surface area contributed by atoms with Crippen LogP contribution in [0.1, 0.15) is 34.6 Å². The van der Waals surface area contributed by atoms with Crippen LogP contribution in [0.4, 0.5) is 0 Å². The molecule has 0 saturated heterocycles. The number of esters is 2. The van der Waals surface area contributed by atoms with Gasteiger partial charge in [0.05, 0.1) is 6.61 Å². The molecule has 0 bridgehead atoms. The Balaban J connectivity index is 4.34. The van der Waals surface area contributed by atoms with E-state index in [0.29, 0.717) is 0 Å². The van der Waals surface area contributed by atoms with Gasteiger partial charge in [-0.15, -0.1) is 0 Å². The highest BCUT2D eigenvalue weighted by Gasteiger charge is 2.22. The number of ether oxygens (including phenoxy) is 2. The average molecular weight is 258 g/mol. The van der Waals surface area contributed by atoms with Gasteiger partial charge in [0.25, 0.3) is 0 Å². The molecule has 5 nitrogen and oxygen atoms in total. The highest BCUT2D eigenvalue weighted by atomic mass is 16.6. The maximum Gasteiger partial charge on any atom is 0.335 e. The highest BCUT2D eigenvalue weighted by Crippen LogP contribution is 2.10. The van der Waals surface area contributed by atoms with Crippen molar-refractivity contribution in [3.63, 3.8) is 0 Å². The Morgan fingerprint density at radius 1 is 1.33 bits per heavy atom. The van der Waals surface area contributed by atoms with Crippen molar-refractivity contribution < 1.29 is 24.2 Å². The number of aliphatic hydroxyl groups is 1. The van der Waals surface area contributed by atoms with Crippen molar-refractivity contribution in [2.45, 2.75) is 46.3 Å². The molecule has 0 amide bonds. The third-order valence-electron chi connectivity index (χ3n) is 1.97. The molecule has 0 saturated carbocycles. The minimum Gasteiger partial charge on any atom is -0.464 e. The summed E-state index contributed by atoms with van der Waals surface area (Å²) in [6, 6.07) is 0. The molecule has 0 aromatic carbocycles. The van der Waals surface area contributed by atoms with Gasteiger partial charge in [0.1, 0.15) is 5.60 Å². The van der Waals surface area contributed by atoms with E-state index in [-0.39, 0.29) is 6.61 Å². The summed E-state index contributed by atoms with van der Waals surface area (Å²) in [6.45, 7) is 8.76. The minimum atomic E-state index is -1.27. The smallest absolute Gasteiger partial charge is 0.335 e. The van der Waals surface area contributed by atoms with Gasteiger partial charge in [-0.05, 0) is 27.7 Å². The summed E-state index contributed by atoms with van der Waals surface area (Å²) < 4.78 is 9.73. The van der Waals surface area contributed by atoms with Crippen LogP contribution in [0.25, 0.3) is 0 Å². The Morgan fingerprint density at radius 2 is 1.89 bits per heavy atom. The molecule has 5 heteroatoms. The standard InChI is InChI=1S/C13H22O5/c1-6-17-12(16)11(15)9(2)7-8-10(14)18-13(3,4)5/h7-9,11,15H,6H2,1-5H3/b8-7+/t9-,11-/m1/s1. The molecule has 0 aliphatic carbocycles. The summed E-state index contributed by atoms with van der Waals surface area (Å²) in [4.78, 5) is 22.6. The number of hydrogen-bond acceptors (Lipinski definition) is 5. The molecule has 1 N–H and O–H groups in total. The second-order valence-electron chi connectivity index (χ2n) is 4.95. The van der Waals surface area contributed by atoms with Crippen LogP contribution in [0.5, 0.6) is 0 Å². The maximum absolute atomic E-state index is 11.4. The van der Waals surface area contributed by atoms with E-state index in [2.05, 4.69) is 4.74 Å². The summed E-state index contributed by atoms with van der Waals surface area (Å²) in [6.07, 6.45) is 1.36. The van der Waals surface area contributed by atoms with E-state index in [1.165, 1.54) is 12.2 Å². The number of carbonyl (C=O) groups excluding carboxylic acids is 2. The van der Waals surface area contributed by atoms with Crippen LogP contribution in [0, 0.1) is 5.92 Å². The molecule has 0 unspecified atom stereocenters. The molecule has 2 atom stereocenters. The van der Waals surface area contributed by atoms with Crippen molar-refractivity contribution in [2.75, 3.05) is 6.61 Å². The van der Waals surface area contributed by atoms with Gasteiger partial charge in [-0.1, -0.05) is 13.0 Å². The van der Waals surface area contributed by atoms with Crippen LogP contribution >= 0.6 is 0 Å². The molecule has 0 rings (SSSR count). The van der Waals surface area contributed by atoms with Crippen LogP contribution in [0.15, 0.2) is 12.2 Å². The zero-order valence-electron chi connectivity index (χ0n) is 11.6. The van der Waals surface area contributed by atoms with Gasteiger partial charge in [0, 0.05) is 12.0 Å². The van der Waals surface area contributed by atoms with Gasteiger partial charge < -0.3 is 14.6 Å². The highest BCUT2D eigenvalue weighted by molar-refractivity contribution is 5.82. The lowest BCUT2D eigenvalue weighted by Gasteiger charge is -2.18. The first-order valence-electron chi connectivity index (χ1n) is 5.93. The first-order chi connectivity index (χ1) is 8.17. The Labute approximate surface area is 108 Å². The molecule has 0 spiro atoms. The maximum atomic E-state index is 11.4. The second-order valence-corrected chi connectivity index (χ2v) is 4.95. The Morgan fingerprint density at radius 3 is 2.33 bits per heavy atom. The van der Waals surface area contributed by atoms with E-state index in [4.69, 9.17) is 4.74 Å². The Bertz CT molecular complexity index is 314. The lowest BCUT2D eigenvalue weighted by molar-refractivity contribution is -0.155. The van der Waals surface area contributed by atoms with Gasteiger partial charge in [-0.3, -0.25) is 0 Å². The first-order valence-corrected chi connectivity index (χ1v) is 5.93. The number of aliphatic hydroxyl groups excluding tert-OH is 1. The lowest BCUT2D eigenvalue weighted by Crippen LogP contribution is -2.29. The Hall–Kier alpha value is -1.36. The molecule has 0 aliphatic rings. The third kappa shape index (κ3) is 7.06. The molecule has 0 radical (unpaired) electrons. The predicted octanol–water partition coefficient (Wildman–Crippen LogP) is 1.44. The van der Waals surface area contributed by atoms with Crippen LogP contribution in [0.2, 0.25) is 0 Å². The van der Waals surface area contributed by atoms with Gasteiger partial charge >= 0.3 is 11.9 Å². The van der Waals surface area contributed by atoms with Crippen molar-refractivity contribution in [3.05, 3.63) is 12.2 Å². The molecular formula is C13H22O5. The fraction of sp³-hybridized carbons (Fsp3) is 0.692. The molecule has 0 fully saturated rings. The quantitative estimate of drug-likeness (QED) is 0.596. The predicted molar refractivity (Wildman–Crippen MR) is 66.8 cm³/mol. The fourth-order valence-electron chi connectivity index (χ4n) is 1.11. The monoisotopic (exact) mass is 258 g/mol.